The van der Waals surface area contributed by atoms with Gasteiger partial charge in [-0.15, -0.1) is 0 Å². The van der Waals surface area contributed by atoms with Crippen LogP contribution in [0, 0.1) is 16.7 Å². The van der Waals surface area contributed by atoms with E-state index >= 15 is 0 Å². The zero-order valence-corrected chi connectivity index (χ0v) is 11.5. The molecule has 0 radical (unpaired) electrons. The Bertz CT molecular complexity index is 456. The van der Waals surface area contributed by atoms with E-state index in [0.29, 0.717) is 12.0 Å². The Morgan fingerprint density at radius 1 is 1.44 bits per heavy atom. The van der Waals surface area contributed by atoms with Gasteiger partial charge in [0, 0.05) is 6.04 Å². The average Bonchev–Trinajstić information content (AvgIpc) is 2.38. The molecule has 0 heterocycles. The lowest BCUT2D eigenvalue weighted by atomic mass is 9.56. The number of hydrogen-bond donors (Lipinski definition) is 1. The van der Waals surface area contributed by atoms with Gasteiger partial charge in [0.1, 0.15) is 0 Å². The molecule has 96 valence electrons. The highest BCUT2D eigenvalue weighted by molar-refractivity contribution is 5.37. The quantitative estimate of drug-likeness (QED) is 0.878. The number of nitriles is 1. The van der Waals surface area contributed by atoms with Crippen molar-refractivity contribution in [2.24, 2.45) is 5.41 Å². The summed E-state index contributed by atoms with van der Waals surface area (Å²) in [6, 6.07) is 10.9. The lowest BCUT2D eigenvalue weighted by Gasteiger charge is -2.53. The molecule has 0 amide bonds. The van der Waals surface area contributed by atoms with Gasteiger partial charge in [-0.1, -0.05) is 32.9 Å². The third-order valence-electron chi connectivity index (χ3n) is 4.33. The minimum atomic E-state index is 0.281. The van der Waals surface area contributed by atoms with Crippen LogP contribution in [0.3, 0.4) is 0 Å². The highest BCUT2D eigenvalue weighted by atomic mass is 15.0. The molecule has 2 unspecified atom stereocenters. The van der Waals surface area contributed by atoms with E-state index in [-0.39, 0.29) is 5.41 Å². The molecule has 1 aliphatic carbocycles. The van der Waals surface area contributed by atoms with Crippen LogP contribution in [0.4, 0.5) is 0 Å². The van der Waals surface area contributed by atoms with Crippen molar-refractivity contribution < 1.29 is 0 Å². The monoisotopic (exact) mass is 242 g/mol. The largest absolute Gasteiger partial charge is 0.313 e. The van der Waals surface area contributed by atoms with E-state index in [1.54, 1.807) is 0 Å². The smallest absolute Gasteiger partial charge is 0.0991 e. The molecule has 2 heteroatoms. The van der Waals surface area contributed by atoms with E-state index in [4.69, 9.17) is 5.26 Å². The molecule has 1 aromatic carbocycles. The average molecular weight is 242 g/mol. The van der Waals surface area contributed by atoms with Crippen molar-refractivity contribution in [2.45, 2.75) is 45.6 Å². The highest BCUT2D eigenvalue weighted by Gasteiger charge is 2.48. The number of hydrogen-bond acceptors (Lipinski definition) is 2. The molecular formula is C16H22N2. The minimum Gasteiger partial charge on any atom is -0.313 e. The Kier molecular flexibility index (Phi) is 3.73. The van der Waals surface area contributed by atoms with Crippen molar-refractivity contribution >= 4 is 0 Å². The van der Waals surface area contributed by atoms with Crippen LogP contribution >= 0.6 is 0 Å². The van der Waals surface area contributed by atoms with Crippen LogP contribution in [0.5, 0.6) is 0 Å². The summed E-state index contributed by atoms with van der Waals surface area (Å²) in [5.74, 6) is 0.570. The zero-order chi connectivity index (χ0) is 13.2. The first-order valence-corrected chi connectivity index (χ1v) is 6.83. The minimum absolute atomic E-state index is 0.281. The molecule has 1 fully saturated rings. The van der Waals surface area contributed by atoms with E-state index in [1.165, 1.54) is 18.4 Å². The summed E-state index contributed by atoms with van der Waals surface area (Å²) in [4.78, 5) is 0. The first kappa shape index (κ1) is 13.1. The van der Waals surface area contributed by atoms with Crippen molar-refractivity contribution in [3.63, 3.8) is 0 Å². The van der Waals surface area contributed by atoms with Gasteiger partial charge >= 0.3 is 0 Å². The van der Waals surface area contributed by atoms with Crippen LogP contribution < -0.4 is 5.32 Å². The Morgan fingerprint density at radius 3 is 2.83 bits per heavy atom. The molecule has 1 saturated carbocycles. The van der Waals surface area contributed by atoms with Gasteiger partial charge in [-0.2, -0.15) is 5.26 Å². The Labute approximate surface area is 110 Å². The molecule has 2 atom stereocenters. The predicted octanol–water partition coefficient (Wildman–Crippen LogP) is 3.44. The van der Waals surface area contributed by atoms with E-state index in [1.807, 2.05) is 18.2 Å². The SMILES string of the molecule is CCCNC1CC(c2cccc(C#N)c2)C1(C)C. The van der Waals surface area contributed by atoms with Crippen molar-refractivity contribution in [1.82, 2.24) is 5.32 Å². The van der Waals surface area contributed by atoms with Gasteiger partial charge in [-0.3, -0.25) is 0 Å². The van der Waals surface area contributed by atoms with Gasteiger partial charge in [0.05, 0.1) is 11.6 Å². The maximum atomic E-state index is 8.97. The van der Waals surface area contributed by atoms with Gasteiger partial charge in [0.15, 0.2) is 0 Å². The van der Waals surface area contributed by atoms with Gasteiger partial charge in [-0.05, 0) is 48.4 Å². The van der Waals surface area contributed by atoms with E-state index < -0.39 is 0 Å². The lowest BCUT2D eigenvalue weighted by molar-refractivity contribution is 0.0695. The fourth-order valence-electron chi connectivity index (χ4n) is 2.98. The van der Waals surface area contributed by atoms with Crippen LogP contribution in [0.15, 0.2) is 24.3 Å². The van der Waals surface area contributed by atoms with Crippen molar-refractivity contribution in [3.05, 3.63) is 35.4 Å². The van der Waals surface area contributed by atoms with Crippen LogP contribution in [0.2, 0.25) is 0 Å². The van der Waals surface area contributed by atoms with E-state index in [2.05, 4.69) is 38.2 Å². The summed E-state index contributed by atoms with van der Waals surface area (Å²) in [7, 11) is 0. The van der Waals surface area contributed by atoms with Gasteiger partial charge in [-0.25, -0.2) is 0 Å². The molecule has 0 spiro atoms. The van der Waals surface area contributed by atoms with Gasteiger partial charge in [0.25, 0.3) is 0 Å². The molecule has 1 aliphatic rings. The molecule has 1 N–H and O–H groups in total. The molecule has 18 heavy (non-hydrogen) atoms. The number of nitrogens with zero attached hydrogens (tertiary/aromatic N) is 1. The fraction of sp³-hybridized carbons (Fsp3) is 0.562. The first-order chi connectivity index (χ1) is 8.59. The van der Waals surface area contributed by atoms with Gasteiger partial charge < -0.3 is 5.32 Å². The van der Waals surface area contributed by atoms with Crippen molar-refractivity contribution in [1.29, 1.82) is 5.26 Å². The zero-order valence-electron chi connectivity index (χ0n) is 11.5. The fourth-order valence-corrected chi connectivity index (χ4v) is 2.98. The normalized spacial score (nSPS) is 25.2. The summed E-state index contributed by atoms with van der Waals surface area (Å²) >= 11 is 0. The van der Waals surface area contributed by atoms with E-state index in [0.717, 1.165) is 12.1 Å². The van der Waals surface area contributed by atoms with Crippen LogP contribution in [-0.4, -0.2) is 12.6 Å². The number of benzene rings is 1. The number of nitrogens with one attached hydrogen (secondary N) is 1. The van der Waals surface area contributed by atoms with Crippen LogP contribution in [0.1, 0.15) is 50.7 Å². The maximum Gasteiger partial charge on any atom is 0.0991 e. The van der Waals surface area contributed by atoms with Crippen molar-refractivity contribution in [2.75, 3.05) is 6.54 Å². The second-order valence-electron chi connectivity index (χ2n) is 5.85. The predicted molar refractivity (Wildman–Crippen MR) is 74.4 cm³/mol. The summed E-state index contributed by atoms with van der Waals surface area (Å²) < 4.78 is 0. The molecular weight excluding hydrogens is 220 g/mol. The van der Waals surface area contributed by atoms with Gasteiger partial charge in [0.2, 0.25) is 0 Å². The Hall–Kier alpha value is -1.33. The van der Waals surface area contributed by atoms with Crippen molar-refractivity contribution in [3.8, 4) is 6.07 Å². The molecule has 0 aromatic heterocycles. The Balaban J connectivity index is 2.10. The summed E-state index contributed by atoms with van der Waals surface area (Å²) in [6.45, 7) is 7.95. The lowest BCUT2D eigenvalue weighted by Crippen LogP contribution is -2.55. The number of rotatable bonds is 4. The molecule has 2 rings (SSSR count). The molecule has 0 bridgehead atoms. The third-order valence-corrected chi connectivity index (χ3v) is 4.33. The molecule has 0 saturated heterocycles. The molecule has 0 aliphatic heterocycles. The van der Waals surface area contributed by atoms with Crippen LogP contribution in [-0.2, 0) is 0 Å². The summed E-state index contributed by atoms with van der Waals surface area (Å²) in [6.07, 6.45) is 2.36. The summed E-state index contributed by atoms with van der Waals surface area (Å²) in [5, 5.41) is 12.6. The van der Waals surface area contributed by atoms with Crippen LogP contribution in [0.25, 0.3) is 0 Å². The second-order valence-corrected chi connectivity index (χ2v) is 5.85. The standard InChI is InChI=1S/C16H22N2/c1-4-8-18-15-10-14(16(15,2)3)13-7-5-6-12(9-13)11-17/h5-7,9,14-15,18H,4,8,10H2,1-3H3. The molecule has 1 aromatic rings. The first-order valence-electron chi connectivity index (χ1n) is 6.83. The second kappa shape index (κ2) is 5.12. The summed E-state index contributed by atoms with van der Waals surface area (Å²) in [5.41, 5.74) is 2.37. The topological polar surface area (TPSA) is 35.8 Å². The Morgan fingerprint density at radius 2 is 2.22 bits per heavy atom. The third kappa shape index (κ3) is 2.28. The maximum absolute atomic E-state index is 8.97. The highest BCUT2D eigenvalue weighted by Crippen LogP contribution is 2.52. The molecule has 2 nitrogen and oxygen atoms in total. The van der Waals surface area contributed by atoms with E-state index in [9.17, 15) is 0 Å².